The zero-order valence-electron chi connectivity index (χ0n) is 15.5. The normalized spacial score (nSPS) is 11.1. The summed E-state index contributed by atoms with van der Waals surface area (Å²) in [4.78, 5) is 33.4. The number of hydrogen-bond donors (Lipinski definition) is 0. The molecule has 4 aromatic rings. The number of carbonyl (C=O) groups excluding carboxylic acids is 2. The number of ether oxygens (including phenoxy) is 2. The Kier molecular flexibility index (Phi) is 4.52. The summed E-state index contributed by atoms with van der Waals surface area (Å²) in [5.74, 6) is 1.06. The van der Waals surface area contributed by atoms with Crippen LogP contribution in [0.25, 0.3) is 22.1 Å². The lowest BCUT2D eigenvalue weighted by Gasteiger charge is -2.09. The van der Waals surface area contributed by atoms with E-state index >= 15 is 0 Å². The molecule has 142 valence electrons. The molecular formula is C20H18N4O4. The van der Waals surface area contributed by atoms with Crippen molar-refractivity contribution in [3.05, 3.63) is 60.2 Å². The first-order valence-corrected chi connectivity index (χ1v) is 8.78. The molecule has 0 N–H and O–H groups in total. The number of aromatic nitrogens is 4. The van der Waals surface area contributed by atoms with E-state index in [1.165, 1.54) is 9.13 Å². The summed E-state index contributed by atoms with van der Waals surface area (Å²) in [6, 6.07) is 14.6. The van der Waals surface area contributed by atoms with Gasteiger partial charge in [0, 0.05) is 0 Å². The van der Waals surface area contributed by atoms with Gasteiger partial charge in [-0.15, -0.1) is 0 Å². The molecule has 0 aliphatic rings. The predicted octanol–water partition coefficient (Wildman–Crippen LogP) is 3.67. The van der Waals surface area contributed by atoms with Crippen molar-refractivity contribution in [2.24, 2.45) is 0 Å². The van der Waals surface area contributed by atoms with Crippen LogP contribution in [0.3, 0.4) is 0 Å². The van der Waals surface area contributed by atoms with Gasteiger partial charge in [-0.2, -0.15) is 0 Å². The van der Waals surface area contributed by atoms with Crippen LogP contribution in [-0.4, -0.2) is 44.5 Å². The number of fused-ring (bicyclic) bond motifs is 2. The molecule has 0 fully saturated rings. The van der Waals surface area contributed by atoms with Crippen molar-refractivity contribution in [2.75, 3.05) is 13.2 Å². The number of para-hydroxylation sites is 4. The van der Waals surface area contributed by atoms with E-state index in [4.69, 9.17) is 9.47 Å². The van der Waals surface area contributed by atoms with Crippen LogP contribution in [0.15, 0.2) is 48.5 Å². The molecule has 4 rings (SSSR count). The van der Waals surface area contributed by atoms with Crippen molar-refractivity contribution in [1.29, 1.82) is 0 Å². The molecule has 8 heteroatoms. The average Bonchev–Trinajstić information content (AvgIpc) is 3.20. The maximum Gasteiger partial charge on any atom is 0.420 e. The van der Waals surface area contributed by atoms with Crippen molar-refractivity contribution in [3.63, 3.8) is 0 Å². The van der Waals surface area contributed by atoms with Gasteiger partial charge in [-0.05, 0) is 38.1 Å². The number of rotatable bonds is 3. The van der Waals surface area contributed by atoms with Gasteiger partial charge in [0.1, 0.15) is 24.9 Å². The second-order valence-corrected chi connectivity index (χ2v) is 6.20. The van der Waals surface area contributed by atoms with Crippen LogP contribution in [0, 0.1) is 13.8 Å². The maximum absolute atomic E-state index is 12.4. The predicted molar refractivity (Wildman–Crippen MR) is 102 cm³/mol. The van der Waals surface area contributed by atoms with Gasteiger partial charge in [-0.3, -0.25) is 0 Å². The van der Waals surface area contributed by atoms with E-state index in [2.05, 4.69) is 9.97 Å². The van der Waals surface area contributed by atoms with Gasteiger partial charge in [0.15, 0.2) is 0 Å². The van der Waals surface area contributed by atoms with Gasteiger partial charge in [0.25, 0.3) is 0 Å². The molecule has 28 heavy (non-hydrogen) atoms. The molecule has 0 amide bonds. The molecule has 2 aromatic heterocycles. The first kappa shape index (κ1) is 17.7. The number of nitrogens with zero attached hydrogens (tertiary/aromatic N) is 4. The molecule has 0 saturated heterocycles. The summed E-state index contributed by atoms with van der Waals surface area (Å²) in [5.41, 5.74) is 2.77. The molecule has 0 radical (unpaired) electrons. The Morgan fingerprint density at radius 2 is 1.14 bits per heavy atom. The Bertz CT molecular complexity index is 1100. The third kappa shape index (κ3) is 3.09. The average molecular weight is 378 g/mol. The molecule has 2 aromatic carbocycles. The van der Waals surface area contributed by atoms with Gasteiger partial charge in [0.05, 0.1) is 22.1 Å². The van der Waals surface area contributed by atoms with Crippen LogP contribution in [0.2, 0.25) is 0 Å². The lowest BCUT2D eigenvalue weighted by Crippen LogP contribution is -2.21. The Hall–Kier alpha value is -3.68. The van der Waals surface area contributed by atoms with Crippen LogP contribution < -0.4 is 0 Å². The highest BCUT2D eigenvalue weighted by molar-refractivity contribution is 5.88. The quantitative estimate of drug-likeness (QED) is 0.506. The third-order valence-corrected chi connectivity index (χ3v) is 4.36. The maximum atomic E-state index is 12.4. The minimum Gasteiger partial charge on any atom is -0.445 e. The monoisotopic (exact) mass is 378 g/mol. The van der Waals surface area contributed by atoms with Crippen molar-refractivity contribution >= 4 is 34.3 Å². The van der Waals surface area contributed by atoms with E-state index in [1.807, 2.05) is 36.4 Å². The smallest absolute Gasteiger partial charge is 0.420 e. The molecule has 8 nitrogen and oxygen atoms in total. The fourth-order valence-electron chi connectivity index (χ4n) is 3.14. The first-order valence-electron chi connectivity index (χ1n) is 8.78. The number of hydrogen-bond acceptors (Lipinski definition) is 6. The molecule has 2 heterocycles. The molecular weight excluding hydrogens is 360 g/mol. The highest BCUT2D eigenvalue weighted by atomic mass is 16.6. The van der Waals surface area contributed by atoms with Crippen LogP contribution >= 0.6 is 0 Å². The van der Waals surface area contributed by atoms with E-state index in [1.54, 1.807) is 26.0 Å². The summed E-state index contributed by atoms with van der Waals surface area (Å²) < 4.78 is 13.3. The fraction of sp³-hybridized carbons (Fsp3) is 0.200. The highest BCUT2D eigenvalue weighted by Gasteiger charge is 2.17. The summed E-state index contributed by atoms with van der Waals surface area (Å²) in [7, 11) is 0. The molecule has 0 bridgehead atoms. The zero-order chi connectivity index (χ0) is 19.7. The number of carbonyl (C=O) groups is 2. The van der Waals surface area contributed by atoms with E-state index in [0.29, 0.717) is 33.7 Å². The Balaban J connectivity index is 1.39. The van der Waals surface area contributed by atoms with Crippen LogP contribution in [0.5, 0.6) is 0 Å². The number of aryl methyl sites for hydroxylation is 2. The number of imidazole rings is 2. The first-order chi connectivity index (χ1) is 13.6. The second kappa shape index (κ2) is 7.15. The molecule has 0 spiro atoms. The SMILES string of the molecule is Cc1nc2ccccc2n1C(=O)OCCOC(=O)n1c(C)nc2ccccc21. The van der Waals surface area contributed by atoms with E-state index in [0.717, 1.165) is 0 Å². The number of benzene rings is 2. The minimum absolute atomic E-state index is 0.0673. The van der Waals surface area contributed by atoms with E-state index in [-0.39, 0.29) is 13.2 Å². The summed E-state index contributed by atoms with van der Waals surface area (Å²) in [5, 5.41) is 0. The van der Waals surface area contributed by atoms with Crippen LogP contribution in [0.1, 0.15) is 11.6 Å². The van der Waals surface area contributed by atoms with Gasteiger partial charge >= 0.3 is 12.2 Å². The van der Waals surface area contributed by atoms with Gasteiger partial charge < -0.3 is 9.47 Å². The largest absolute Gasteiger partial charge is 0.445 e. The second-order valence-electron chi connectivity index (χ2n) is 6.20. The minimum atomic E-state index is -0.563. The third-order valence-electron chi connectivity index (χ3n) is 4.36. The molecule has 0 saturated carbocycles. The van der Waals surface area contributed by atoms with E-state index < -0.39 is 12.2 Å². The van der Waals surface area contributed by atoms with Gasteiger partial charge in [0.2, 0.25) is 0 Å². The molecule has 0 atom stereocenters. The van der Waals surface area contributed by atoms with Crippen molar-refractivity contribution < 1.29 is 19.1 Å². The van der Waals surface area contributed by atoms with E-state index in [9.17, 15) is 9.59 Å². The Morgan fingerprint density at radius 1 is 0.750 bits per heavy atom. The standard InChI is InChI=1S/C20H18N4O4/c1-13-21-15-7-3-5-9-17(15)23(13)19(25)27-11-12-28-20(26)24-14(2)22-16-8-4-6-10-18(16)24/h3-10H,11-12H2,1-2H3. The lowest BCUT2D eigenvalue weighted by molar-refractivity contribution is 0.0975. The van der Waals surface area contributed by atoms with Crippen molar-refractivity contribution in [3.8, 4) is 0 Å². The molecule has 0 unspecified atom stereocenters. The Labute approximate surface area is 160 Å². The van der Waals surface area contributed by atoms with Crippen molar-refractivity contribution in [1.82, 2.24) is 19.1 Å². The topological polar surface area (TPSA) is 88.2 Å². The van der Waals surface area contributed by atoms with Gasteiger partial charge in [-0.25, -0.2) is 28.7 Å². The van der Waals surface area contributed by atoms with Crippen LogP contribution in [0.4, 0.5) is 9.59 Å². The fourth-order valence-corrected chi connectivity index (χ4v) is 3.14. The summed E-state index contributed by atoms with van der Waals surface area (Å²) in [6.07, 6.45) is -1.13. The summed E-state index contributed by atoms with van der Waals surface area (Å²) in [6.45, 7) is 3.33. The summed E-state index contributed by atoms with van der Waals surface area (Å²) >= 11 is 0. The molecule has 0 aliphatic carbocycles. The zero-order valence-corrected chi connectivity index (χ0v) is 15.5. The molecule has 0 aliphatic heterocycles. The van der Waals surface area contributed by atoms with Gasteiger partial charge in [-0.1, -0.05) is 24.3 Å². The Morgan fingerprint density at radius 3 is 1.57 bits per heavy atom. The highest BCUT2D eigenvalue weighted by Crippen LogP contribution is 2.17. The van der Waals surface area contributed by atoms with Crippen molar-refractivity contribution in [2.45, 2.75) is 13.8 Å². The van der Waals surface area contributed by atoms with Crippen LogP contribution in [-0.2, 0) is 9.47 Å². The lowest BCUT2D eigenvalue weighted by atomic mass is 10.3.